The van der Waals surface area contributed by atoms with Crippen molar-refractivity contribution in [3.63, 3.8) is 0 Å². The second-order valence-electron chi connectivity index (χ2n) is 7.52. The number of fused-ring (bicyclic) bond motifs is 1. The van der Waals surface area contributed by atoms with Gasteiger partial charge < -0.3 is 5.32 Å². The minimum atomic E-state index is 0.0157. The Morgan fingerprint density at radius 2 is 2.04 bits per heavy atom. The van der Waals surface area contributed by atoms with Crippen LogP contribution in [0.4, 0.5) is 0 Å². The summed E-state index contributed by atoms with van der Waals surface area (Å²) in [5.74, 6) is 0.319. The van der Waals surface area contributed by atoms with Crippen LogP contribution in [-0.4, -0.2) is 32.5 Å². The van der Waals surface area contributed by atoms with E-state index in [0.29, 0.717) is 28.7 Å². The van der Waals surface area contributed by atoms with Crippen LogP contribution in [0.2, 0.25) is 0 Å². The molecule has 1 aromatic carbocycles. The lowest BCUT2D eigenvalue weighted by atomic mass is 10.2. The van der Waals surface area contributed by atoms with Gasteiger partial charge in [0.25, 0.3) is 5.56 Å². The fourth-order valence-corrected chi connectivity index (χ4v) is 5.76. The van der Waals surface area contributed by atoms with Crippen molar-refractivity contribution in [1.82, 2.24) is 14.9 Å². The Balaban J connectivity index is 1.56. The van der Waals surface area contributed by atoms with Crippen LogP contribution in [-0.2, 0) is 17.8 Å². The molecule has 1 aliphatic heterocycles. The van der Waals surface area contributed by atoms with Gasteiger partial charge >= 0.3 is 0 Å². The standard InChI is InChI=1S/C21H25N3O2S2/c1-14-11-17-19(28-14)20(26)24(12-15-7-3-2-4-8-15)21(23-17)27-13-18(25)22-16-9-5-6-10-16/h2-4,7-8,14,16H,5-6,9-13H2,1H3,(H,22,25). The predicted molar refractivity (Wildman–Crippen MR) is 114 cm³/mol. The molecule has 0 radical (unpaired) electrons. The zero-order valence-electron chi connectivity index (χ0n) is 16.0. The van der Waals surface area contributed by atoms with Crippen molar-refractivity contribution in [3.8, 4) is 0 Å². The number of nitrogens with zero attached hydrogens (tertiary/aromatic N) is 2. The number of aromatic nitrogens is 2. The van der Waals surface area contributed by atoms with Gasteiger partial charge in [-0.05, 0) is 18.4 Å². The van der Waals surface area contributed by atoms with Crippen LogP contribution in [0.15, 0.2) is 45.2 Å². The Morgan fingerprint density at radius 1 is 1.29 bits per heavy atom. The number of amides is 1. The third-order valence-electron chi connectivity index (χ3n) is 5.20. The molecule has 1 unspecified atom stereocenters. The summed E-state index contributed by atoms with van der Waals surface area (Å²) in [6.45, 7) is 2.59. The predicted octanol–water partition coefficient (Wildman–Crippen LogP) is 3.48. The summed E-state index contributed by atoms with van der Waals surface area (Å²) in [4.78, 5) is 31.1. The Kier molecular flexibility index (Phi) is 6.11. The maximum absolute atomic E-state index is 13.1. The summed E-state index contributed by atoms with van der Waals surface area (Å²) in [5, 5.41) is 4.12. The van der Waals surface area contributed by atoms with Crippen LogP contribution < -0.4 is 10.9 Å². The van der Waals surface area contributed by atoms with E-state index in [-0.39, 0.29) is 11.5 Å². The summed E-state index contributed by atoms with van der Waals surface area (Å²) in [7, 11) is 0. The molecule has 2 aliphatic rings. The lowest BCUT2D eigenvalue weighted by molar-refractivity contribution is -0.119. The van der Waals surface area contributed by atoms with E-state index in [1.54, 1.807) is 16.3 Å². The molecule has 0 saturated heterocycles. The molecule has 2 heterocycles. The molecule has 1 N–H and O–H groups in total. The second-order valence-corrected chi connectivity index (χ2v) is 9.91. The molecule has 0 spiro atoms. The number of thioether (sulfide) groups is 2. The zero-order chi connectivity index (χ0) is 19.5. The molecule has 28 heavy (non-hydrogen) atoms. The summed E-state index contributed by atoms with van der Waals surface area (Å²) in [6, 6.07) is 10.2. The third kappa shape index (κ3) is 4.46. The van der Waals surface area contributed by atoms with Gasteiger partial charge in [0, 0.05) is 17.7 Å². The van der Waals surface area contributed by atoms with Crippen LogP contribution in [0, 0.1) is 0 Å². The molecule has 1 aromatic heterocycles. The zero-order valence-corrected chi connectivity index (χ0v) is 17.7. The van der Waals surface area contributed by atoms with Crippen molar-refractivity contribution < 1.29 is 4.79 Å². The number of carbonyl (C=O) groups excluding carboxylic acids is 1. The molecule has 1 aliphatic carbocycles. The van der Waals surface area contributed by atoms with E-state index in [9.17, 15) is 9.59 Å². The summed E-state index contributed by atoms with van der Waals surface area (Å²) in [6.07, 6.45) is 5.33. The van der Waals surface area contributed by atoms with E-state index in [2.05, 4.69) is 12.2 Å². The molecule has 1 amide bonds. The Bertz CT molecular complexity index is 908. The smallest absolute Gasteiger partial charge is 0.268 e. The third-order valence-corrected chi connectivity index (χ3v) is 7.39. The maximum atomic E-state index is 13.1. The number of carbonyl (C=O) groups is 1. The Morgan fingerprint density at radius 3 is 2.79 bits per heavy atom. The number of benzene rings is 1. The fourth-order valence-electron chi connectivity index (χ4n) is 3.82. The monoisotopic (exact) mass is 415 g/mol. The molecule has 7 heteroatoms. The highest BCUT2D eigenvalue weighted by Crippen LogP contribution is 2.34. The van der Waals surface area contributed by atoms with E-state index in [0.717, 1.165) is 35.4 Å². The van der Waals surface area contributed by atoms with Crippen LogP contribution in [0.5, 0.6) is 0 Å². The van der Waals surface area contributed by atoms with E-state index in [4.69, 9.17) is 4.98 Å². The van der Waals surface area contributed by atoms with Gasteiger partial charge in [-0.1, -0.05) is 61.9 Å². The van der Waals surface area contributed by atoms with Crippen molar-refractivity contribution >= 4 is 29.4 Å². The molecule has 148 valence electrons. The quantitative estimate of drug-likeness (QED) is 0.578. The highest BCUT2D eigenvalue weighted by atomic mass is 32.2. The minimum absolute atomic E-state index is 0.0157. The lowest BCUT2D eigenvalue weighted by Gasteiger charge is -2.15. The number of hydrogen-bond donors (Lipinski definition) is 1. The molecule has 2 aromatic rings. The van der Waals surface area contributed by atoms with Crippen molar-refractivity contribution in [2.75, 3.05) is 5.75 Å². The van der Waals surface area contributed by atoms with Gasteiger partial charge in [-0.15, -0.1) is 11.8 Å². The first-order valence-corrected chi connectivity index (χ1v) is 11.7. The van der Waals surface area contributed by atoms with Gasteiger partial charge in [0.05, 0.1) is 22.9 Å². The van der Waals surface area contributed by atoms with Gasteiger partial charge in [0.2, 0.25) is 5.91 Å². The molecule has 1 atom stereocenters. The Hall–Kier alpha value is -1.73. The van der Waals surface area contributed by atoms with E-state index < -0.39 is 0 Å². The van der Waals surface area contributed by atoms with Gasteiger partial charge in [0.1, 0.15) is 0 Å². The van der Waals surface area contributed by atoms with Crippen molar-refractivity contribution in [3.05, 3.63) is 51.9 Å². The maximum Gasteiger partial charge on any atom is 0.268 e. The molecule has 1 fully saturated rings. The number of nitrogens with one attached hydrogen (secondary N) is 1. The SMILES string of the molecule is CC1Cc2nc(SCC(=O)NC3CCCC3)n(Cc3ccccc3)c(=O)c2S1. The molecule has 1 saturated carbocycles. The molecule has 5 nitrogen and oxygen atoms in total. The average Bonchev–Trinajstić information content (AvgIpc) is 3.32. The first-order chi connectivity index (χ1) is 13.6. The largest absolute Gasteiger partial charge is 0.353 e. The molecule has 0 bridgehead atoms. The second kappa shape index (κ2) is 8.74. The first-order valence-electron chi connectivity index (χ1n) is 9.86. The summed E-state index contributed by atoms with van der Waals surface area (Å²) < 4.78 is 1.73. The van der Waals surface area contributed by atoms with E-state index in [1.807, 2.05) is 30.3 Å². The fraction of sp³-hybridized carbons (Fsp3) is 0.476. The average molecular weight is 416 g/mol. The first kappa shape index (κ1) is 19.6. The summed E-state index contributed by atoms with van der Waals surface area (Å²) in [5.41, 5.74) is 1.95. The van der Waals surface area contributed by atoms with Gasteiger partial charge in [0.15, 0.2) is 5.16 Å². The van der Waals surface area contributed by atoms with Crippen molar-refractivity contribution in [2.45, 2.75) is 66.9 Å². The minimum Gasteiger partial charge on any atom is -0.353 e. The normalized spacial score (nSPS) is 19.0. The summed E-state index contributed by atoms with van der Waals surface area (Å²) >= 11 is 2.98. The van der Waals surface area contributed by atoms with Crippen LogP contribution in [0.1, 0.15) is 43.9 Å². The van der Waals surface area contributed by atoms with Gasteiger partial charge in [-0.3, -0.25) is 14.2 Å². The Labute approximate surface area is 173 Å². The molecule has 4 rings (SSSR count). The number of hydrogen-bond acceptors (Lipinski definition) is 5. The van der Waals surface area contributed by atoms with Crippen molar-refractivity contribution in [1.29, 1.82) is 0 Å². The van der Waals surface area contributed by atoms with Gasteiger partial charge in [-0.25, -0.2) is 4.98 Å². The highest BCUT2D eigenvalue weighted by molar-refractivity contribution is 8.00. The highest BCUT2D eigenvalue weighted by Gasteiger charge is 2.27. The van der Waals surface area contributed by atoms with Crippen LogP contribution in [0.25, 0.3) is 0 Å². The van der Waals surface area contributed by atoms with Gasteiger partial charge in [-0.2, -0.15) is 0 Å². The van der Waals surface area contributed by atoms with E-state index in [1.165, 1.54) is 24.6 Å². The molecular formula is C21H25N3O2S2. The van der Waals surface area contributed by atoms with Crippen molar-refractivity contribution in [2.24, 2.45) is 0 Å². The lowest BCUT2D eigenvalue weighted by Crippen LogP contribution is -2.34. The van der Waals surface area contributed by atoms with E-state index >= 15 is 0 Å². The number of rotatable bonds is 6. The van der Waals surface area contributed by atoms with Crippen LogP contribution in [0.3, 0.4) is 0 Å². The topological polar surface area (TPSA) is 64.0 Å². The molecular weight excluding hydrogens is 390 g/mol. The van der Waals surface area contributed by atoms with Crippen LogP contribution >= 0.6 is 23.5 Å².